The largest absolute Gasteiger partial charge is 0.493 e. The van der Waals surface area contributed by atoms with E-state index in [4.69, 9.17) is 37.4 Å². The molecule has 190 valence electrons. The Morgan fingerprint density at radius 1 is 1.03 bits per heavy atom. The van der Waals surface area contributed by atoms with Crippen LogP contribution in [-0.2, 0) is 16.1 Å². The first kappa shape index (κ1) is 26.6. The van der Waals surface area contributed by atoms with Crippen molar-refractivity contribution in [2.45, 2.75) is 6.61 Å². The lowest BCUT2D eigenvalue weighted by atomic mass is 10.2. The van der Waals surface area contributed by atoms with Crippen molar-refractivity contribution < 1.29 is 23.8 Å². The molecule has 37 heavy (non-hydrogen) atoms. The molecule has 7 nitrogen and oxygen atoms in total. The highest BCUT2D eigenvalue weighted by Crippen LogP contribution is 2.35. The van der Waals surface area contributed by atoms with Crippen molar-refractivity contribution >= 4 is 63.8 Å². The molecule has 0 N–H and O–H groups in total. The predicted molar refractivity (Wildman–Crippen MR) is 147 cm³/mol. The molecule has 0 aliphatic carbocycles. The number of rotatable bonds is 7. The van der Waals surface area contributed by atoms with Crippen LogP contribution in [0.5, 0.6) is 11.5 Å². The summed E-state index contributed by atoms with van der Waals surface area (Å²) in [6, 6.07) is 17.3. The van der Waals surface area contributed by atoms with E-state index in [0.29, 0.717) is 42.9 Å². The summed E-state index contributed by atoms with van der Waals surface area (Å²) >= 11 is 13.4. The molecular weight excluding hydrogens is 535 g/mol. The van der Waals surface area contributed by atoms with Crippen LogP contribution in [-0.4, -0.2) is 43.2 Å². The molecular formula is C27H22Cl2N2O5S. The Morgan fingerprint density at radius 3 is 2.46 bits per heavy atom. The summed E-state index contributed by atoms with van der Waals surface area (Å²) in [6.07, 6.45) is 1.77. The predicted octanol–water partition coefficient (Wildman–Crippen LogP) is 6.60. The van der Waals surface area contributed by atoms with Crippen molar-refractivity contribution in [3.8, 4) is 11.5 Å². The lowest BCUT2D eigenvalue weighted by Gasteiger charge is -2.12. The fraction of sp³-hybridized carbons (Fsp3) is 0.148. The van der Waals surface area contributed by atoms with Crippen LogP contribution in [0.15, 0.2) is 70.6 Å². The number of benzene rings is 3. The van der Waals surface area contributed by atoms with Crippen molar-refractivity contribution in [3.63, 3.8) is 0 Å². The van der Waals surface area contributed by atoms with Gasteiger partial charge in [-0.2, -0.15) is 0 Å². The van der Waals surface area contributed by atoms with Crippen molar-refractivity contribution in [2.24, 2.45) is 4.99 Å². The van der Waals surface area contributed by atoms with E-state index in [1.807, 2.05) is 12.1 Å². The van der Waals surface area contributed by atoms with Gasteiger partial charge in [-0.25, -0.2) is 9.79 Å². The Kier molecular flexibility index (Phi) is 8.43. The van der Waals surface area contributed by atoms with Crippen LogP contribution in [0.2, 0.25) is 10.0 Å². The second-order valence-corrected chi connectivity index (χ2v) is 9.70. The number of thioether (sulfide) groups is 1. The zero-order valence-electron chi connectivity index (χ0n) is 20.2. The van der Waals surface area contributed by atoms with E-state index >= 15 is 0 Å². The molecule has 0 radical (unpaired) electrons. The number of likely N-dealkylation sites (N-methyl/N-ethyl adjacent to an activating group) is 1. The van der Waals surface area contributed by atoms with Gasteiger partial charge in [0.15, 0.2) is 16.7 Å². The Morgan fingerprint density at radius 2 is 1.78 bits per heavy atom. The summed E-state index contributed by atoms with van der Waals surface area (Å²) in [5.41, 5.74) is 2.59. The molecule has 0 bridgehead atoms. The third-order valence-corrected chi connectivity index (χ3v) is 7.05. The van der Waals surface area contributed by atoms with Crippen LogP contribution in [0.4, 0.5) is 5.69 Å². The molecule has 3 aromatic rings. The van der Waals surface area contributed by atoms with Gasteiger partial charge in [0.05, 0.1) is 30.4 Å². The summed E-state index contributed by atoms with van der Waals surface area (Å²) in [7, 11) is 4.54. The number of amidine groups is 1. The summed E-state index contributed by atoms with van der Waals surface area (Å²) in [4.78, 5) is 31.0. The van der Waals surface area contributed by atoms with E-state index in [2.05, 4.69) is 4.99 Å². The van der Waals surface area contributed by atoms with E-state index in [1.54, 1.807) is 68.8 Å². The maximum absolute atomic E-state index is 12.8. The zero-order valence-corrected chi connectivity index (χ0v) is 22.5. The molecule has 1 amide bonds. The van der Waals surface area contributed by atoms with Gasteiger partial charge in [0.2, 0.25) is 0 Å². The van der Waals surface area contributed by atoms with Crippen molar-refractivity contribution in [1.29, 1.82) is 0 Å². The lowest BCUT2D eigenvalue weighted by molar-refractivity contribution is -0.121. The number of aliphatic imine (C=N–C) groups is 1. The summed E-state index contributed by atoms with van der Waals surface area (Å²) in [6.45, 7) is 0.242. The Balaban J connectivity index is 1.50. The maximum Gasteiger partial charge on any atom is 0.337 e. The standard InChI is InChI=1S/C27H22Cl2N2O5S/c1-31-25(32)24(37-27(31)30-20-9-6-17(7-10-20)26(33)35-3)13-16-4-11-22(23(12-16)34-2)36-15-18-5-8-19(28)14-21(18)29/h4-14H,15H2,1-3H3. The fourth-order valence-corrected chi connectivity index (χ4v) is 4.84. The first-order chi connectivity index (χ1) is 17.8. The Hall–Kier alpha value is -3.46. The number of nitrogens with zero attached hydrogens (tertiary/aromatic N) is 2. The van der Waals surface area contributed by atoms with E-state index in [9.17, 15) is 9.59 Å². The molecule has 0 aromatic heterocycles. The number of methoxy groups -OCH3 is 2. The average molecular weight is 557 g/mol. The molecule has 1 fully saturated rings. The average Bonchev–Trinajstić information content (AvgIpc) is 3.16. The summed E-state index contributed by atoms with van der Waals surface area (Å²) in [5.74, 6) is 0.456. The molecule has 1 aliphatic heterocycles. The number of ether oxygens (including phenoxy) is 3. The van der Waals surface area contributed by atoms with Gasteiger partial charge in [-0.3, -0.25) is 9.69 Å². The minimum atomic E-state index is -0.424. The molecule has 0 atom stereocenters. The smallest absolute Gasteiger partial charge is 0.337 e. The SMILES string of the molecule is COC(=O)c1ccc(N=C2SC(=Cc3ccc(OCc4ccc(Cl)cc4Cl)c(OC)c3)C(=O)N2C)cc1. The normalized spacial score (nSPS) is 15.4. The van der Waals surface area contributed by atoms with Crippen LogP contribution in [0.25, 0.3) is 6.08 Å². The summed E-state index contributed by atoms with van der Waals surface area (Å²) in [5, 5.41) is 1.60. The lowest BCUT2D eigenvalue weighted by Crippen LogP contribution is -2.23. The van der Waals surface area contributed by atoms with Crippen LogP contribution >= 0.6 is 35.0 Å². The van der Waals surface area contributed by atoms with Crippen molar-refractivity contribution in [1.82, 2.24) is 4.90 Å². The van der Waals surface area contributed by atoms with E-state index in [1.165, 1.54) is 23.8 Å². The van der Waals surface area contributed by atoms with Gasteiger partial charge in [0.1, 0.15) is 6.61 Å². The van der Waals surface area contributed by atoms with Crippen LogP contribution in [0.1, 0.15) is 21.5 Å². The molecule has 0 spiro atoms. The molecule has 4 rings (SSSR count). The van der Waals surface area contributed by atoms with E-state index in [-0.39, 0.29) is 12.5 Å². The number of esters is 1. The molecule has 10 heteroatoms. The zero-order chi connectivity index (χ0) is 26.5. The monoisotopic (exact) mass is 556 g/mol. The Bertz CT molecular complexity index is 1410. The first-order valence-electron chi connectivity index (χ1n) is 11.0. The Labute approximate surface area is 228 Å². The highest BCUT2D eigenvalue weighted by atomic mass is 35.5. The number of halogens is 2. The molecule has 3 aromatic carbocycles. The van der Waals surface area contributed by atoms with Gasteiger partial charge in [-0.15, -0.1) is 0 Å². The van der Waals surface area contributed by atoms with Crippen LogP contribution in [0, 0.1) is 0 Å². The third kappa shape index (κ3) is 6.28. The van der Waals surface area contributed by atoms with E-state index in [0.717, 1.165) is 11.1 Å². The molecule has 1 heterocycles. The van der Waals surface area contributed by atoms with Crippen LogP contribution in [0.3, 0.4) is 0 Å². The minimum Gasteiger partial charge on any atom is -0.493 e. The highest BCUT2D eigenvalue weighted by molar-refractivity contribution is 8.18. The van der Waals surface area contributed by atoms with E-state index < -0.39 is 5.97 Å². The van der Waals surface area contributed by atoms with Gasteiger partial charge in [-0.05, 0) is 71.9 Å². The number of carbonyl (C=O) groups is 2. The van der Waals surface area contributed by atoms with Gasteiger partial charge in [-0.1, -0.05) is 35.3 Å². The second-order valence-electron chi connectivity index (χ2n) is 7.84. The topological polar surface area (TPSA) is 77.4 Å². The highest BCUT2D eigenvalue weighted by Gasteiger charge is 2.30. The number of carbonyl (C=O) groups excluding carboxylic acids is 2. The van der Waals surface area contributed by atoms with Gasteiger partial charge >= 0.3 is 5.97 Å². The fourth-order valence-electron chi connectivity index (χ4n) is 3.39. The molecule has 1 aliphatic rings. The van der Waals surface area contributed by atoms with Gasteiger partial charge in [0.25, 0.3) is 5.91 Å². The second kappa shape index (κ2) is 11.7. The molecule has 0 saturated carbocycles. The quantitative estimate of drug-likeness (QED) is 0.241. The van der Waals surface area contributed by atoms with Crippen molar-refractivity contribution in [3.05, 3.63) is 92.3 Å². The molecule has 0 unspecified atom stereocenters. The summed E-state index contributed by atoms with van der Waals surface area (Å²) < 4.78 is 16.1. The minimum absolute atomic E-state index is 0.174. The van der Waals surface area contributed by atoms with Gasteiger partial charge in [0, 0.05) is 22.7 Å². The number of amides is 1. The van der Waals surface area contributed by atoms with Crippen LogP contribution < -0.4 is 9.47 Å². The van der Waals surface area contributed by atoms with Gasteiger partial charge < -0.3 is 14.2 Å². The number of hydrogen-bond acceptors (Lipinski definition) is 7. The first-order valence-corrected chi connectivity index (χ1v) is 12.6. The maximum atomic E-state index is 12.8. The van der Waals surface area contributed by atoms with Crippen molar-refractivity contribution in [2.75, 3.05) is 21.3 Å². The molecule has 1 saturated heterocycles. The third-order valence-electron chi connectivity index (χ3n) is 5.40. The number of hydrogen-bond donors (Lipinski definition) is 0.